The van der Waals surface area contributed by atoms with E-state index in [1.54, 1.807) is 0 Å². The molecule has 2 unspecified atom stereocenters. The van der Waals surface area contributed by atoms with E-state index in [-0.39, 0.29) is 12.5 Å². The van der Waals surface area contributed by atoms with Crippen LogP contribution in [0.2, 0.25) is 0 Å². The summed E-state index contributed by atoms with van der Waals surface area (Å²) in [6, 6.07) is 0. The van der Waals surface area contributed by atoms with Gasteiger partial charge >= 0.3 is 0 Å². The number of nitrogens with one attached hydrogen (secondary N) is 1. The Bertz CT molecular complexity index is 352. The summed E-state index contributed by atoms with van der Waals surface area (Å²) in [5, 5.41) is 9.31. The summed E-state index contributed by atoms with van der Waals surface area (Å²) < 4.78 is 28.3. The molecule has 1 saturated carbocycles. The molecule has 0 radical (unpaired) electrons. The van der Waals surface area contributed by atoms with Gasteiger partial charge in [-0.1, -0.05) is 12.8 Å². The molecule has 2 fully saturated rings. The summed E-state index contributed by atoms with van der Waals surface area (Å²) in [4.78, 5) is 0. The molecule has 5 nitrogen and oxygen atoms in total. The van der Waals surface area contributed by atoms with E-state index in [0.29, 0.717) is 25.6 Å². The normalized spacial score (nSPS) is 30.7. The van der Waals surface area contributed by atoms with Crippen molar-refractivity contribution in [1.82, 2.24) is 9.03 Å². The van der Waals surface area contributed by atoms with Gasteiger partial charge in [0.2, 0.25) is 0 Å². The Hall–Kier alpha value is -0.170. The highest BCUT2D eigenvalue weighted by atomic mass is 32.2. The minimum atomic E-state index is -3.29. The largest absolute Gasteiger partial charge is 0.396 e. The summed E-state index contributed by atoms with van der Waals surface area (Å²) in [7, 11) is -3.29. The summed E-state index contributed by atoms with van der Waals surface area (Å²) in [6.07, 6.45) is 6.26. The predicted octanol–water partition coefficient (Wildman–Crippen LogP) is 0.715. The fourth-order valence-electron chi connectivity index (χ4n) is 3.03. The van der Waals surface area contributed by atoms with Gasteiger partial charge in [-0.15, -0.1) is 0 Å². The third-order valence-electron chi connectivity index (χ3n) is 4.23. The van der Waals surface area contributed by atoms with Gasteiger partial charge in [-0.05, 0) is 37.5 Å². The molecule has 0 spiro atoms. The van der Waals surface area contributed by atoms with Gasteiger partial charge in [0.15, 0.2) is 0 Å². The van der Waals surface area contributed by atoms with Gasteiger partial charge in [-0.25, -0.2) is 4.72 Å². The number of hydrogen-bond acceptors (Lipinski definition) is 3. The van der Waals surface area contributed by atoms with Crippen LogP contribution >= 0.6 is 0 Å². The van der Waals surface area contributed by atoms with Crippen molar-refractivity contribution in [2.45, 2.75) is 38.5 Å². The summed E-state index contributed by atoms with van der Waals surface area (Å²) in [5.41, 5.74) is 0. The van der Waals surface area contributed by atoms with Gasteiger partial charge in [0.1, 0.15) is 0 Å². The van der Waals surface area contributed by atoms with Crippen molar-refractivity contribution < 1.29 is 13.5 Å². The van der Waals surface area contributed by atoms with Crippen LogP contribution in [-0.2, 0) is 10.2 Å². The Morgan fingerprint density at radius 3 is 2.28 bits per heavy atom. The molecule has 106 valence electrons. The molecular formula is C12H24N2O3S. The van der Waals surface area contributed by atoms with E-state index in [1.807, 2.05) is 0 Å². The molecule has 18 heavy (non-hydrogen) atoms. The van der Waals surface area contributed by atoms with E-state index < -0.39 is 10.2 Å². The molecule has 1 aliphatic carbocycles. The zero-order valence-electron chi connectivity index (χ0n) is 10.8. The van der Waals surface area contributed by atoms with E-state index in [1.165, 1.54) is 4.31 Å². The van der Waals surface area contributed by atoms with Crippen LogP contribution in [0.3, 0.4) is 0 Å². The van der Waals surface area contributed by atoms with Crippen molar-refractivity contribution in [2.75, 3.05) is 26.2 Å². The second-order valence-electron chi connectivity index (χ2n) is 5.45. The van der Waals surface area contributed by atoms with Crippen molar-refractivity contribution in [3.63, 3.8) is 0 Å². The van der Waals surface area contributed by atoms with Crippen LogP contribution in [0.1, 0.15) is 38.5 Å². The second-order valence-corrected chi connectivity index (χ2v) is 7.20. The molecule has 0 bridgehead atoms. The Balaban J connectivity index is 1.85. The standard InChI is InChI=1S/C12H24N2O3S/c15-10-12-6-2-1-5-11(12)9-13-18(16,17)14-7-3-4-8-14/h11-13,15H,1-10H2. The highest BCUT2D eigenvalue weighted by molar-refractivity contribution is 7.87. The molecule has 0 amide bonds. The number of aliphatic hydroxyl groups excluding tert-OH is 1. The first-order chi connectivity index (χ1) is 8.63. The summed E-state index contributed by atoms with van der Waals surface area (Å²) in [6.45, 7) is 1.94. The van der Waals surface area contributed by atoms with Gasteiger partial charge in [0.05, 0.1) is 0 Å². The molecule has 0 aromatic heterocycles. The maximum absolute atomic E-state index is 12.0. The quantitative estimate of drug-likeness (QED) is 0.777. The molecular weight excluding hydrogens is 252 g/mol. The van der Waals surface area contributed by atoms with E-state index in [9.17, 15) is 13.5 Å². The van der Waals surface area contributed by atoms with Crippen LogP contribution in [0.15, 0.2) is 0 Å². The first-order valence-electron chi connectivity index (χ1n) is 6.99. The zero-order chi connectivity index (χ0) is 13.0. The number of rotatable bonds is 5. The maximum Gasteiger partial charge on any atom is 0.279 e. The lowest BCUT2D eigenvalue weighted by Crippen LogP contribution is -2.42. The molecule has 2 atom stereocenters. The highest BCUT2D eigenvalue weighted by Gasteiger charge is 2.29. The van der Waals surface area contributed by atoms with Gasteiger partial charge in [0, 0.05) is 26.2 Å². The van der Waals surface area contributed by atoms with Gasteiger partial charge in [-0.2, -0.15) is 12.7 Å². The second kappa shape index (κ2) is 6.32. The first kappa shape index (κ1) is 14.2. The average molecular weight is 276 g/mol. The van der Waals surface area contributed by atoms with E-state index in [0.717, 1.165) is 38.5 Å². The van der Waals surface area contributed by atoms with Crippen LogP contribution in [0.5, 0.6) is 0 Å². The Morgan fingerprint density at radius 2 is 1.67 bits per heavy atom. The molecule has 2 aliphatic rings. The summed E-state index contributed by atoms with van der Waals surface area (Å²) in [5.74, 6) is 0.557. The van der Waals surface area contributed by atoms with Crippen LogP contribution in [0.25, 0.3) is 0 Å². The highest BCUT2D eigenvalue weighted by Crippen LogP contribution is 2.29. The van der Waals surface area contributed by atoms with Crippen LogP contribution in [0.4, 0.5) is 0 Å². The van der Waals surface area contributed by atoms with Gasteiger partial charge in [0.25, 0.3) is 10.2 Å². The monoisotopic (exact) mass is 276 g/mol. The maximum atomic E-state index is 12.0. The molecule has 1 saturated heterocycles. The first-order valence-corrected chi connectivity index (χ1v) is 8.43. The average Bonchev–Trinajstić information content (AvgIpc) is 2.91. The molecule has 0 aromatic carbocycles. The number of aliphatic hydroxyl groups is 1. The number of hydrogen-bond donors (Lipinski definition) is 2. The minimum absolute atomic E-state index is 0.177. The van der Waals surface area contributed by atoms with Crippen LogP contribution in [0, 0.1) is 11.8 Å². The molecule has 1 aliphatic heterocycles. The predicted molar refractivity (Wildman–Crippen MR) is 70.3 cm³/mol. The van der Waals surface area contributed by atoms with E-state index in [2.05, 4.69) is 4.72 Å². The Labute approximate surface area is 110 Å². The Morgan fingerprint density at radius 1 is 1.06 bits per heavy atom. The molecule has 1 heterocycles. The number of nitrogens with zero attached hydrogens (tertiary/aromatic N) is 1. The fourth-order valence-corrected chi connectivity index (χ4v) is 4.37. The third kappa shape index (κ3) is 3.44. The summed E-state index contributed by atoms with van der Waals surface area (Å²) >= 11 is 0. The topological polar surface area (TPSA) is 69.6 Å². The SMILES string of the molecule is O=S(=O)(NCC1CCCCC1CO)N1CCCC1. The molecule has 2 rings (SSSR count). The van der Waals surface area contributed by atoms with Crippen LogP contribution < -0.4 is 4.72 Å². The van der Waals surface area contributed by atoms with Crippen molar-refractivity contribution in [2.24, 2.45) is 11.8 Å². The minimum Gasteiger partial charge on any atom is -0.396 e. The van der Waals surface area contributed by atoms with Crippen LogP contribution in [-0.4, -0.2) is 44.1 Å². The fraction of sp³-hybridized carbons (Fsp3) is 1.00. The molecule has 2 N–H and O–H groups in total. The van der Waals surface area contributed by atoms with Crippen molar-refractivity contribution in [1.29, 1.82) is 0 Å². The zero-order valence-corrected chi connectivity index (χ0v) is 11.7. The Kier molecular flexibility index (Phi) is 5.00. The van der Waals surface area contributed by atoms with Gasteiger partial charge < -0.3 is 5.11 Å². The molecule has 0 aromatic rings. The van der Waals surface area contributed by atoms with Crippen molar-refractivity contribution in [3.8, 4) is 0 Å². The lowest BCUT2D eigenvalue weighted by Gasteiger charge is -2.30. The molecule has 6 heteroatoms. The third-order valence-corrected chi connectivity index (χ3v) is 5.81. The van der Waals surface area contributed by atoms with Crippen molar-refractivity contribution >= 4 is 10.2 Å². The van der Waals surface area contributed by atoms with Crippen molar-refractivity contribution in [3.05, 3.63) is 0 Å². The van der Waals surface area contributed by atoms with E-state index >= 15 is 0 Å². The van der Waals surface area contributed by atoms with Gasteiger partial charge in [-0.3, -0.25) is 0 Å². The lowest BCUT2D eigenvalue weighted by molar-refractivity contribution is 0.136. The van der Waals surface area contributed by atoms with E-state index in [4.69, 9.17) is 0 Å². The lowest BCUT2D eigenvalue weighted by atomic mass is 9.80. The smallest absolute Gasteiger partial charge is 0.279 e.